The summed E-state index contributed by atoms with van der Waals surface area (Å²) < 4.78 is 6.25. The van der Waals surface area contributed by atoms with Crippen LogP contribution in [0.25, 0.3) is 0 Å². The summed E-state index contributed by atoms with van der Waals surface area (Å²) in [6.07, 6.45) is 0. The molecule has 0 radical (unpaired) electrons. The van der Waals surface area contributed by atoms with E-state index in [0.29, 0.717) is 17.0 Å². The van der Waals surface area contributed by atoms with Crippen LogP contribution in [0.2, 0.25) is 0 Å². The van der Waals surface area contributed by atoms with Crippen LogP contribution < -0.4 is 10.1 Å². The van der Waals surface area contributed by atoms with Gasteiger partial charge in [0.15, 0.2) is 6.61 Å². The normalized spacial score (nSPS) is 13.0. The second kappa shape index (κ2) is 6.45. The van der Waals surface area contributed by atoms with Crippen LogP contribution in [0, 0.1) is 0 Å². The van der Waals surface area contributed by atoms with Gasteiger partial charge in [-0.1, -0.05) is 22.0 Å². The molecule has 24 heavy (non-hydrogen) atoms. The van der Waals surface area contributed by atoms with Crippen molar-refractivity contribution in [1.29, 1.82) is 0 Å². The molecule has 1 N–H and O–H groups in total. The highest BCUT2D eigenvalue weighted by atomic mass is 79.9. The molecule has 1 aliphatic rings. The second-order valence-corrected chi connectivity index (χ2v) is 6.14. The molecule has 6 nitrogen and oxygen atoms in total. The Morgan fingerprint density at radius 3 is 2.62 bits per heavy atom. The number of ether oxygens (including phenoxy) is 1. The highest BCUT2D eigenvalue weighted by molar-refractivity contribution is 9.10. The minimum Gasteiger partial charge on any atom is -0.484 e. The van der Waals surface area contributed by atoms with Crippen molar-refractivity contribution >= 4 is 39.3 Å². The van der Waals surface area contributed by atoms with Crippen molar-refractivity contribution in [3.8, 4) is 5.75 Å². The Hall–Kier alpha value is -2.67. The summed E-state index contributed by atoms with van der Waals surface area (Å²) in [5.74, 6) is -0.515. The third-order valence-corrected chi connectivity index (χ3v) is 4.03. The average Bonchev–Trinajstić information content (AvgIpc) is 2.77. The molecular weight excluding hydrogens is 376 g/mol. The molecule has 0 bridgehead atoms. The number of imide groups is 1. The lowest BCUT2D eigenvalue weighted by Crippen LogP contribution is -2.24. The van der Waals surface area contributed by atoms with Crippen LogP contribution in [-0.2, 0) is 4.79 Å². The van der Waals surface area contributed by atoms with Gasteiger partial charge in [0, 0.05) is 17.2 Å². The topological polar surface area (TPSA) is 75.7 Å². The number of rotatable bonds is 4. The molecule has 7 heteroatoms. The Labute approximate surface area is 146 Å². The number of carbonyl (C=O) groups is 3. The first-order chi connectivity index (χ1) is 11.5. The fourth-order valence-electron chi connectivity index (χ4n) is 2.34. The van der Waals surface area contributed by atoms with Crippen molar-refractivity contribution in [1.82, 2.24) is 4.90 Å². The quantitative estimate of drug-likeness (QED) is 0.816. The molecule has 1 heterocycles. The maximum Gasteiger partial charge on any atom is 0.262 e. The van der Waals surface area contributed by atoms with Crippen molar-refractivity contribution in [3.63, 3.8) is 0 Å². The number of hydrogen-bond acceptors (Lipinski definition) is 4. The Bertz CT molecular complexity index is 850. The molecule has 2 aromatic carbocycles. The Morgan fingerprint density at radius 1 is 1.12 bits per heavy atom. The lowest BCUT2D eigenvalue weighted by atomic mass is 10.1. The molecule has 3 amide bonds. The number of fused-ring (bicyclic) bond motifs is 1. The molecule has 0 aromatic heterocycles. The molecule has 0 spiro atoms. The van der Waals surface area contributed by atoms with Crippen molar-refractivity contribution < 1.29 is 19.1 Å². The van der Waals surface area contributed by atoms with Gasteiger partial charge >= 0.3 is 0 Å². The van der Waals surface area contributed by atoms with Gasteiger partial charge < -0.3 is 10.1 Å². The third-order valence-electron chi connectivity index (χ3n) is 3.54. The molecule has 0 aliphatic carbocycles. The number of benzene rings is 2. The predicted octanol–water partition coefficient (Wildman–Crippen LogP) is 2.69. The maximum absolute atomic E-state index is 12.0. The van der Waals surface area contributed by atoms with Crippen LogP contribution >= 0.6 is 15.9 Å². The monoisotopic (exact) mass is 388 g/mol. The zero-order valence-electron chi connectivity index (χ0n) is 12.7. The lowest BCUT2D eigenvalue weighted by molar-refractivity contribution is -0.118. The highest BCUT2D eigenvalue weighted by Crippen LogP contribution is 2.24. The van der Waals surface area contributed by atoms with Crippen LogP contribution in [0.5, 0.6) is 5.75 Å². The van der Waals surface area contributed by atoms with E-state index in [4.69, 9.17) is 4.74 Å². The van der Waals surface area contributed by atoms with Gasteiger partial charge in [0.05, 0.1) is 11.1 Å². The van der Waals surface area contributed by atoms with Crippen LogP contribution in [-0.4, -0.2) is 36.3 Å². The summed E-state index contributed by atoms with van der Waals surface area (Å²) in [6.45, 7) is -0.166. The minimum absolute atomic E-state index is 0.166. The van der Waals surface area contributed by atoms with E-state index in [-0.39, 0.29) is 29.9 Å². The maximum atomic E-state index is 12.0. The smallest absolute Gasteiger partial charge is 0.262 e. The van der Waals surface area contributed by atoms with E-state index in [2.05, 4.69) is 21.2 Å². The fraction of sp³-hybridized carbons (Fsp3) is 0.118. The van der Waals surface area contributed by atoms with Crippen LogP contribution in [0.1, 0.15) is 20.7 Å². The van der Waals surface area contributed by atoms with Gasteiger partial charge in [0.2, 0.25) is 0 Å². The number of carbonyl (C=O) groups excluding carboxylic acids is 3. The van der Waals surface area contributed by atoms with Crippen molar-refractivity contribution in [2.75, 3.05) is 19.0 Å². The number of nitrogens with one attached hydrogen (secondary N) is 1. The summed E-state index contributed by atoms with van der Waals surface area (Å²) in [6, 6.07) is 11.8. The molecule has 3 rings (SSSR count). The van der Waals surface area contributed by atoms with Gasteiger partial charge in [-0.15, -0.1) is 0 Å². The van der Waals surface area contributed by atoms with E-state index in [1.807, 2.05) is 6.07 Å². The van der Waals surface area contributed by atoms with Gasteiger partial charge in [-0.25, -0.2) is 0 Å². The SMILES string of the molecule is CN1C(=O)c2ccc(NC(=O)COc3cccc(Br)c3)cc2C1=O. The largest absolute Gasteiger partial charge is 0.484 e. The third kappa shape index (κ3) is 3.16. The molecule has 0 atom stereocenters. The second-order valence-electron chi connectivity index (χ2n) is 5.22. The first-order valence-corrected chi connectivity index (χ1v) is 7.89. The van der Waals surface area contributed by atoms with E-state index >= 15 is 0 Å². The van der Waals surface area contributed by atoms with Crippen molar-refractivity contribution in [3.05, 3.63) is 58.1 Å². The van der Waals surface area contributed by atoms with E-state index in [1.165, 1.54) is 19.2 Å². The van der Waals surface area contributed by atoms with Gasteiger partial charge in [-0.05, 0) is 36.4 Å². The summed E-state index contributed by atoms with van der Waals surface area (Å²) in [5, 5.41) is 2.65. The molecule has 0 saturated heterocycles. The van der Waals surface area contributed by atoms with Gasteiger partial charge in [-0.2, -0.15) is 0 Å². The van der Waals surface area contributed by atoms with E-state index in [1.54, 1.807) is 24.3 Å². The number of halogens is 1. The lowest BCUT2D eigenvalue weighted by Gasteiger charge is -2.08. The van der Waals surface area contributed by atoms with Crippen LogP contribution in [0.15, 0.2) is 46.9 Å². The van der Waals surface area contributed by atoms with E-state index in [9.17, 15) is 14.4 Å². The number of amides is 3. The predicted molar refractivity (Wildman–Crippen MR) is 91.1 cm³/mol. The van der Waals surface area contributed by atoms with E-state index in [0.717, 1.165) is 9.37 Å². The van der Waals surface area contributed by atoms with Crippen molar-refractivity contribution in [2.24, 2.45) is 0 Å². The summed E-state index contributed by atoms with van der Waals surface area (Å²) >= 11 is 3.32. The molecule has 122 valence electrons. The molecule has 0 unspecified atom stereocenters. The molecule has 0 saturated carbocycles. The molecule has 2 aromatic rings. The number of hydrogen-bond donors (Lipinski definition) is 1. The minimum atomic E-state index is -0.378. The standard InChI is InChI=1S/C17H13BrN2O4/c1-20-16(22)13-6-5-11(8-14(13)17(20)23)19-15(21)9-24-12-4-2-3-10(18)7-12/h2-8H,9H2,1H3,(H,19,21). The Balaban J connectivity index is 1.65. The first-order valence-electron chi connectivity index (χ1n) is 7.10. The first kappa shape index (κ1) is 16.2. The zero-order valence-corrected chi connectivity index (χ0v) is 14.3. The molecule has 1 aliphatic heterocycles. The highest BCUT2D eigenvalue weighted by Gasteiger charge is 2.32. The number of nitrogens with zero attached hydrogens (tertiary/aromatic N) is 1. The van der Waals surface area contributed by atoms with Gasteiger partial charge in [0.25, 0.3) is 17.7 Å². The van der Waals surface area contributed by atoms with E-state index < -0.39 is 0 Å². The fourth-order valence-corrected chi connectivity index (χ4v) is 2.72. The summed E-state index contributed by atoms with van der Waals surface area (Å²) in [5.41, 5.74) is 1.06. The summed E-state index contributed by atoms with van der Waals surface area (Å²) in [4.78, 5) is 36.8. The van der Waals surface area contributed by atoms with Gasteiger partial charge in [-0.3, -0.25) is 19.3 Å². The molecular formula is C17H13BrN2O4. The Kier molecular flexibility index (Phi) is 4.35. The van der Waals surface area contributed by atoms with Crippen molar-refractivity contribution in [2.45, 2.75) is 0 Å². The van der Waals surface area contributed by atoms with Gasteiger partial charge in [0.1, 0.15) is 5.75 Å². The summed E-state index contributed by atoms with van der Waals surface area (Å²) in [7, 11) is 1.43. The number of anilines is 1. The molecule has 0 fully saturated rings. The van der Waals surface area contributed by atoms with Crippen LogP contribution in [0.4, 0.5) is 5.69 Å². The Morgan fingerprint density at radius 2 is 1.88 bits per heavy atom. The van der Waals surface area contributed by atoms with Crippen LogP contribution in [0.3, 0.4) is 0 Å². The zero-order chi connectivity index (χ0) is 17.3. The average molecular weight is 389 g/mol.